The third kappa shape index (κ3) is 6.97. The Bertz CT molecular complexity index is 1000. The minimum atomic E-state index is -0.129. The lowest BCUT2D eigenvalue weighted by molar-refractivity contribution is -0.121. The molecule has 0 aromatic heterocycles. The highest BCUT2D eigenvalue weighted by Crippen LogP contribution is 2.35. The van der Waals surface area contributed by atoms with E-state index in [0.717, 1.165) is 25.6 Å². The average molecular weight is 551 g/mol. The summed E-state index contributed by atoms with van der Waals surface area (Å²) in [5.74, 6) is 0.560. The average Bonchev–Trinajstić information content (AvgIpc) is 2.74. The van der Waals surface area contributed by atoms with Crippen LogP contribution in [0.1, 0.15) is 23.1 Å². The maximum Gasteiger partial charge on any atom is 0.240 e. The quantitative estimate of drug-likeness (QED) is 0.256. The predicted molar refractivity (Wildman–Crippen MR) is 128 cm³/mol. The Balaban J connectivity index is 1.53. The Labute approximate surface area is 197 Å². The Morgan fingerprint density at radius 2 is 1.67 bits per heavy atom. The third-order valence-electron chi connectivity index (χ3n) is 4.20. The highest BCUT2D eigenvalue weighted by molar-refractivity contribution is 9.11. The van der Waals surface area contributed by atoms with Gasteiger partial charge in [-0.25, -0.2) is 5.43 Å². The van der Waals surface area contributed by atoms with E-state index in [0.29, 0.717) is 30.2 Å². The summed E-state index contributed by atoms with van der Waals surface area (Å²) in [6.45, 7) is 0.416. The number of ether oxygens (including phenoxy) is 1. The van der Waals surface area contributed by atoms with E-state index < -0.39 is 0 Å². The smallest absolute Gasteiger partial charge is 0.240 e. The van der Waals surface area contributed by atoms with E-state index in [1.54, 1.807) is 6.21 Å². The number of rotatable bonds is 8. The summed E-state index contributed by atoms with van der Waals surface area (Å²) in [5.41, 5.74) is 5.52. The largest absolute Gasteiger partial charge is 0.487 e. The molecule has 4 nitrogen and oxygen atoms in total. The molecule has 0 fully saturated rings. The Morgan fingerprint density at radius 3 is 2.33 bits per heavy atom. The van der Waals surface area contributed by atoms with Crippen LogP contribution >= 0.6 is 43.5 Å². The summed E-state index contributed by atoms with van der Waals surface area (Å²) in [6, 6.07) is 21.1. The first kappa shape index (κ1) is 22.5. The molecule has 30 heavy (non-hydrogen) atoms. The maximum atomic E-state index is 12.0. The van der Waals surface area contributed by atoms with Crippen LogP contribution in [0.25, 0.3) is 0 Å². The van der Waals surface area contributed by atoms with E-state index in [4.69, 9.17) is 16.3 Å². The number of hydrazone groups is 1. The SMILES string of the molecule is O=C(CCc1ccccc1)N/N=C\c1cc(Br)c(OCc2ccc(Cl)cc2)c(Br)c1. The van der Waals surface area contributed by atoms with Crippen LogP contribution in [0.2, 0.25) is 5.02 Å². The number of halogens is 3. The van der Waals surface area contributed by atoms with Crippen molar-refractivity contribution in [2.24, 2.45) is 5.10 Å². The van der Waals surface area contributed by atoms with E-state index in [1.165, 1.54) is 0 Å². The zero-order valence-electron chi connectivity index (χ0n) is 15.9. The molecule has 0 spiro atoms. The third-order valence-corrected chi connectivity index (χ3v) is 5.63. The van der Waals surface area contributed by atoms with Crippen LogP contribution < -0.4 is 10.2 Å². The van der Waals surface area contributed by atoms with Gasteiger partial charge in [0.1, 0.15) is 12.4 Å². The van der Waals surface area contributed by atoms with Gasteiger partial charge in [-0.15, -0.1) is 0 Å². The molecule has 154 valence electrons. The van der Waals surface area contributed by atoms with Gasteiger partial charge in [-0.2, -0.15) is 5.10 Å². The minimum Gasteiger partial charge on any atom is -0.487 e. The summed E-state index contributed by atoms with van der Waals surface area (Å²) in [7, 11) is 0. The lowest BCUT2D eigenvalue weighted by Crippen LogP contribution is -2.17. The number of hydrogen-bond acceptors (Lipinski definition) is 3. The molecule has 1 N–H and O–H groups in total. The van der Waals surface area contributed by atoms with Gasteiger partial charge in [0.2, 0.25) is 5.91 Å². The molecule has 1 amide bonds. The zero-order valence-corrected chi connectivity index (χ0v) is 19.9. The molecule has 0 aliphatic heterocycles. The molecule has 0 saturated heterocycles. The van der Waals surface area contributed by atoms with Crippen LogP contribution in [0.4, 0.5) is 0 Å². The summed E-state index contributed by atoms with van der Waals surface area (Å²) in [5, 5.41) is 4.74. The fourth-order valence-corrected chi connectivity index (χ4v) is 4.24. The zero-order chi connectivity index (χ0) is 21.3. The molecule has 7 heteroatoms. The molecule has 3 aromatic carbocycles. The van der Waals surface area contributed by atoms with Gasteiger partial charge in [0.25, 0.3) is 0 Å². The van der Waals surface area contributed by atoms with Crippen LogP contribution in [0.15, 0.2) is 80.8 Å². The Hall–Kier alpha value is -2.15. The number of nitrogens with one attached hydrogen (secondary N) is 1. The standard InChI is InChI=1S/C23H19Br2ClN2O2/c24-20-12-18(14-27-28-22(29)11-8-16-4-2-1-3-5-16)13-21(25)23(20)30-15-17-6-9-19(26)10-7-17/h1-7,9-10,12-14H,8,11,15H2,(H,28,29)/b27-14-. The van der Waals surface area contributed by atoms with E-state index in [9.17, 15) is 4.79 Å². The van der Waals surface area contributed by atoms with Crippen molar-refractivity contribution in [1.82, 2.24) is 5.43 Å². The number of aryl methyl sites for hydroxylation is 1. The molecule has 3 rings (SSSR count). The molecule has 0 unspecified atom stereocenters. The van der Waals surface area contributed by atoms with Gasteiger partial charge in [0, 0.05) is 11.4 Å². The minimum absolute atomic E-state index is 0.129. The van der Waals surface area contributed by atoms with Crippen molar-refractivity contribution in [3.8, 4) is 5.75 Å². The van der Waals surface area contributed by atoms with Crippen molar-refractivity contribution >= 4 is 55.6 Å². The van der Waals surface area contributed by atoms with Crippen molar-refractivity contribution < 1.29 is 9.53 Å². The number of nitrogens with zero attached hydrogens (tertiary/aromatic N) is 1. The highest BCUT2D eigenvalue weighted by Gasteiger charge is 2.09. The fourth-order valence-electron chi connectivity index (χ4n) is 2.67. The number of hydrogen-bond donors (Lipinski definition) is 1. The lowest BCUT2D eigenvalue weighted by Gasteiger charge is -2.11. The predicted octanol–water partition coefficient (Wildman–Crippen LogP) is 6.53. The highest BCUT2D eigenvalue weighted by atomic mass is 79.9. The van der Waals surface area contributed by atoms with Crippen LogP contribution in [0, 0.1) is 0 Å². The van der Waals surface area contributed by atoms with Crippen molar-refractivity contribution in [3.05, 3.63) is 97.4 Å². The Kier molecular flexibility index (Phi) is 8.49. The summed E-state index contributed by atoms with van der Waals surface area (Å²) in [6.07, 6.45) is 2.66. The second-order valence-corrected chi connectivity index (χ2v) is 8.65. The van der Waals surface area contributed by atoms with Crippen molar-refractivity contribution in [3.63, 3.8) is 0 Å². The van der Waals surface area contributed by atoms with Gasteiger partial charge < -0.3 is 4.74 Å². The summed E-state index contributed by atoms with van der Waals surface area (Å²) < 4.78 is 7.47. The normalized spacial score (nSPS) is 10.9. The lowest BCUT2D eigenvalue weighted by atomic mass is 10.1. The molecule has 3 aromatic rings. The topological polar surface area (TPSA) is 50.7 Å². The maximum absolute atomic E-state index is 12.0. The van der Waals surface area contributed by atoms with E-state index in [2.05, 4.69) is 42.4 Å². The van der Waals surface area contributed by atoms with Crippen LogP contribution in [0.3, 0.4) is 0 Å². The monoisotopic (exact) mass is 548 g/mol. The molecular formula is C23H19Br2ClN2O2. The van der Waals surface area contributed by atoms with E-state index in [1.807, 2.05) is 66.7 Å². The number of carbonyl (C=O) groups is 1. The number of benzene rings is 3. The molecule has 0 saturated carbocycles. The van der Waals surface area contributed by atoms with Gasteiger partial charge in [-0.05, 0) is 79.2 Å². The van der Waals surface area contributed by atoms with Crippen molar-refractivity contribution in [2.45, 2.75) is 19.4 Å². The van der Waals surface area contributed by atoms with Crippen molar-refractivity contribution in [1.29, 1.82) is 0 Å². The van der Waals surface area contributed by atoms with Gasteiger partial charge in [0.15, 0.2) is 0 Å². The first-order chi connectivity index (χ1) is 14.5. The van der Waals surface area contributed by atoms with Crippen LogP contribution in [-0.2, 0) is 17.8 Å². The van der Waals surface area contributed by atoms with Crippen LogP contribution in [0.5, 0.6) is 5.75 Å². The van der Waals surface area contributed by atoms with Gasteiger partial charge in [-0.1, -0.05) is 54.1 Å². The second kappa shape index (κ2) is 11.3. The Morgan fingerprint density at radius 1 is 1.00 bits per heavy atom. The van der Waals surface area contributed by atoms with Crippen LogP contribution in [-0.4, -0.2) is 12.1 Å². The number of amides is 1. The summed E-state index contributed by atoms with van der Waals surface area (Å²) in [4.78, 5) is 12.0. The molecule has 0 bridgehead atoms. The first-order valence-electron chi connectivity index (χ1n) is 9.23. The fraction of sp³-hybridized carbons (Fsp3) is 0.130. The molecular weight excluding hydrogens is 532 g/mol. The second-order valence-electron chi connectivity index (χ2n) is 6.51. The molecule has 0 radical (unpaired) electrons. The molecule has 0 aliphatic rings. The van der Waals surface area contributed by atoms with Crippen molar-refractivity contribution in [2.75, 3.05) is 0 Å². The van der Waals surface area contributed by atoms with Gasteiger partial charge in [-0.3, -0.25) is 4.79 Å². The van der Waals surface area contributed by atoms with Gasteiger partial charge >= 0.3 is 0 Å². The first-order valence-corrected chi connectivity index (χ1v) is 11.2. The van der Waals surface area contributed by atoms with Gasteiger partial charge in [0.05, 0.1) is 15.2 Å². The van der Waals surface area contributed by atoms with E-state index >= 15 is 0 Å². The molecule has 0 atom stereocenters. The number of carbonyl (C=O) groups excluding carboxylic acids is 1. The summed E-state index contributed by atoms with van der Waals surface area (Å²) >= 11 is 13.0. The molecule has 0 heterocycles. The molecule has 0 aliphatic carbocycles. The van der Waals surface area contributed by atoms with E-state index in [-0.39, 0.29) is 5.91 Å².